The van der Waals surface area contributed by atoms with Crippen molar-refractivity contribution in [2.45, 2.75) is 39.2 Å². The van der Waals surface area contributed by atoms with Crippen LogP contribution in [-0.4, -0.2) is 21.2 Å². The van der Waals surface area contributed by atoms with Crippen LogP contribution in [0.5, 0.6) is 0 Å². The van der Waals surface area contributed by atoms with E-state index in [2.05, 4.69) is 52.3 Å². The molecule has 148 valence electrons. The van der Waals surface area contributed by atoms with Gasteiger partial charge in [-0.3, -0.25) is 0 Å². The summed E-state index contributed by atoms with van der Waals surface area (Å²) in [6.45, 7) is 3.91. The summed E-state index contributed by atoms with van der Waals surface area (Å²) < 4.78 is 5.05. The second kappa shape index (κ2) is 10.8. The van der Waals surface area contributed by atoms with Crippen LogP contribution in [0.3, 0.4) is 0 Å². The minimum Gasteiger partial charge on any atom is -0.368 e. The highest BCUT2D eigenvalue weighted by Crippen LogP contribution is 2.30. The average Bonchev–Trinajstić information content (AvgIpc) is 3.29. The molecule has 28 heavy (non-hydrogen) atoms. The summed E-state index contributed by atoms with van der Waals surface area (Å²) in [6.07, 6.45) is 15.0. The third-order valence-electron chi connectivity index (χ3n) is 4.16. The molecular weight excluding hydrogens is 394 g/mol. The van der Waals surface area contributed by atoms with Gasteiger partial charge in [-0.1, -0.05) is 29.8 Å². The van der Waals surface area contributed by atoms with E-state index in [0.717, 1.165) is 12.8 Å². The normalized spacial score (nSPS) is 19.2. The van der Waals surface area contributed by atoms with E-state index in [1.807, 2.05) is 12.2 Å². The maximum Gasteiger partial charge on any atom is 0.223 e. The molecule has 0 aliphatic heterocycles. The second-order valence-electron chi connectivity index (χ2n) is 6.47. The Morgan fingerprint density at radius 3 is 2.82 bits per heavy atom. The molecule has 1 fully saturated rings. The summed E-state index contributed by atoms with van der Waals surface area (Å²) in [5.41, 5.74) is 6.46. The second-order valence-corrected chi connectivity index (χ2v) is 7.31. The predicted molar refractivity (Wildman–Crippen MR) is 119 cm³/mol. The number of terminal acetylenes is 1. The summed E-state index contributed by atoms with van der Waals surface area (Å²) in [5, 5.41) is 7.42. The van der Waals surface area contributed by atoms with E-state index >= 15 is 0 Å². The quantitative estimate of drug-likeness (QED) is 0.277. The lowest BCUT2D eigenvalue weighted by Gasteiger charge is -2.16. The third kappa shape index (κ3) is 6.32. The van der Waals surface area contributed by atoms with Crippen LogP contribution in [0.15, 0.2) is 28.9 Å². The standard InChI is InChI=1S/C17H20ClN5OS.C3H4/c1-10-5-6-11(9-10)21-16-12(15(18)22-17(19)23-16)3-2-4-14(25)13-7-8-20-24-13;1-3-2/h2-4,7-8,10-11,25H,5-6,9H2,1H3,(H3,19,21,22,23);1H,2H3/b3-2+,14-4-;. The van der Waals surface area contributed by atoms with Gasteiger partial charge in [0.15, 0.2) is 5.76 Å². The van der Waals surface area contributed by atoms with Crippen LogP contribution in [0, 0.1) is 18.3 Å². The molecule has 2 unspecified atom stereocenters. The summed E-state index contributed by atoms with van der Waals surface area (Å²) in [7, 11) is 0. The fourth-order valence-corrected chi connectivity index (χ4v) is 3.35. The Morgan fingerprint density at radius 2 is 2.21 bits per heavy atom. The molecule has 1 aliphatic rings. The van der Waals surface area contributed by atoms with Gasteiger partial charge in [-0.25, -0.2) is 4.98 Å². The van der Waals surface area contributed by atoms with Gasteiger partial charge in [-0.2, -0.15) is 4.98 Å². The molecule has 0 amide bonds. The molecule has 3 rings (SSSR count). The summed E-state index contributed by atoms with van der Waals surface area (Å²) >= 11 is 10.7. The Morgan fingerprint density at radius 1 is 1.46 bits per heavy atom. The fourth-order valence-electron chi connectivity index (χ4n) is 2.91. The van der Waals surface area contributed by atoms with Crippen molar-refractivity contribution in [2.75, 3.05) is 11.1 Å². The van der Waals surface area contributed by atoms with Gasteiger partial charge in [-0.15, -0.1) is 25.0 Å². The number of nitrogens with one attached hydrogen (secondary N) is 1. The van der Waals surface area contributed by atoms with E-state index in [4.69, 9.17) is 21.9 Å². The van der Waals surface area contributed by atoms with Gasteiger partial charge in [0, 0.05) is 17.0 Å². The maximum atomic E-state index is 6.27. The van der Waals surface area contributed by atoms with Crippen molar-refractivity contribution in [1.29, 1.82) is 0 Å². The highest BCUT2D eigenvalue weighted by Gasteiger charge is 2.22. The number of aromatic nitrogens is 3. The SMILES string of the molecule is C#CC.CC1CCC(Nc2nc(N)nc(Cl)c2/C=C/C=C(\S)c2ccno2)C1. The minimum atomic E-state index is 0.155. The smallest absolute Gasteiger partial charge is 0.223 e. The molecule has 0 bridgehead atoms. The van der Waals surface area contributed by atoms with Crippen LogP contribution in [0.25, 0.3) is 11.0 Å². The van der Waals surface area contributed by atoms with Crippen molar-refractivity contribution < 1.29 is 4.52 Å². The molecule has 2 aromatic heterocycles. The summed E-state index contributed by atoms with van der Waals surface area (Å²) in [6, 6.07) is 2.11. The Balaban J connectivity index is 0.000000878. The Bertz CT molecular complexity index is 873. The number of hydrogen-bond donors (Lipinski definition) is 3. The highest BCUT2D eigenvalue weighted by molar-refractivity contribution is 7.90. The summed E-state index contributed by atoms with van der Waals surface area (Å²) in [4.78, 5) is 9.02. The number of hydrogen-bond acceptors (Lipinski definition) is 7. The van der Waals surface area contributed by atoms with Gasteiger partial charge in [0.2, 0.25) is 5.95 Å². The fraction of sp³-hybridized carbons (Fsp3) is 0.350. The number of halogens is 1. The molecular formula is C20H24ClN5OS. The van der Waals surface area contributed by atoms with Crippen molar-refractivity contribution in [3.05, 3.63) is 40.9 Å². The number of thiol groups is 1. The highest BCUT2D eigenvalue weighted by atomic mass is 35.5. The van der Waals surface area contributed by atoms with Crippen LogP contribution in [-0.2, 0) is 0 Å². The number of nitrogens with two attached hydrogens (primary N) is 1. The molecule has 0 spiro atoms. The van der Waals surface area contributed by atoms with Crippen LogP contribution in [0.4, 0.5) is 11.8 Å². The zero-order chi connectivity index (χ0) is 20.5. The molecule has 3 N–H and O–H groups in total. The number of allylic oxidation sites excluding steroid dienone is 2. The number of nitrogen functional groups attached to an aromatic ring is 1. The molecule has 2 aromatic rings. The van der Waals surface area contributed by atoms with E-state index in [9.17, 15) is 0 Å². The Kier molecular flexibility index (Phi) is 8.42. The van der Waals surface area contributed by atoms with Gasteiger partial charge in [0.05, 0.1) is 11.8 Å². The molecule has 2 heterocycles. The average molecular weight is 418 g/mol. The van der Waals surface area contributed by atoms with Crippen molar-refractivity contribution >= 4 is 47.0 Å². The zero-order valence-corrected chi connectivity index (χ0v) is 17.5. The monoisotopic (exact) mass is 417 g/mol. The molecule has 0 saturated heterocycles. The van der Waals surface area contributed by atoms with Gasteiger partial charge < -0.3 is 15.6 Å². The van der Waals surface area contributed by atoms with Crippen LogP contribution < -0.4 is 11.1 Å². The molecule has 0 radical (unpaired) electrons. The van der Waals surface area contributed by atoms with E-state index in [0.29, 0.717) is 39.2 Å². The number of anilines is 2. The van der Waals surface area contributed by atoms with E-state index in [-0.39, 0.29) is 5.95 Å². The van der Waals surface area contributed by atoms with Gasteiger partial charge in [-0.05, 0) is 44.3 Å². The van der Waals surface area contributed by atoms with Crippen LogP contribution in [0.2, 0.25) is 5.15 Å². The number of rotatable bonds is 5. The first-order valence-corrected chi connectivity index (χ1v) is 9.72. The Labute approximate surface area is 176 Å². The van der Waals surface area contributed by atoms with Gasteiger partial charge in [0.1, 0.15) is 11.0 Å². The third-order valence-corrected chi connectivity index (χ3v) is 4.82. The first-order valence-electron chi connectivity index (χ1n) is 8.89. The van der Waals surface area contributed by atoms with Crippen molar-refractivity contribution in [3.63, 3.8) is 0 Å². The van der Waals surface area contributed by atoms with Crippen molar-refractivity contribution in [3.8, 4) is 12.3 Å². The first-order chi connectivity index (χ1) is 13.4. The molecule has 2 atom stereocenters. The van der Waals surface area contributed by atoms with Crippen LogP contribution in [0.1, 0.15) is 44.4 Å². The summed E-state index contributed by atoms with van der Waals surface area (Å²) in [5.74, 6) is 4.36. The first kappa shape index (κ1) is 21.9. The van der Waals surface area contributed by atoms with Crippen molar-refractivity contribution in [2.24, 2.45) is 5.92 Å². The molecule has 1 aliphatic carbocycles. The van der Waals surface area contributed by atoms with Crippen LogP contribution >= 0.6 is 24.2 Å². The van der Waals surface area contributed by atoms with Gasteiger partial charge in [0.25, 0.3) is 0 Å². The molecule has 6 nitrogen and oxygen atoms in total. The largest absolute Gasteiger partial charge is 0.368 e. The van der Waals surface area contributed by atoms with E-state index in [1.165, 1.54) is 6.42 Å². The topological polar surface area (TPSA) is 89.9 Å². The number of nitrogens with zero attached hydrogens (tertiary/aromatic N) is 3. The predicted octanol–water partition coefficient (Wildman–Crippen LogP) is 4.92. The molecule has 1 saturated carbocycles. The maximum absolute atomic E-state index is 6.27. The van der Waals surface area contributed by atoms with Gasteiger partial charge >= 0.3 is 0 Å². The lowest BCUT2D eigenvalue weighted by molar-refractivity contribution is 0.412. The Hall–Kier alpha value is -2.43. The van der Waals surface area contributed by atoms with E-state index < -0.39 is 0 Å². The minimum absolute atomic E-state index is 0.155. The van der Waals surface area contributed by atoms with E-state index in [1.54, 1.807) is 25.3 Å². The lowest BCUT2D eigenvalue weighted by Crippen LogP contribution is -2.18. The molecule has 8 heteroatoms. The zero-order valence-electron chi connectivity index (χ0n) is 15.9. The lowest BCUT2D eigenvalue weighted by atomic mass is 10.1. The molecule has 0 aromatic carbocycles. The van der Waals surface area contributed by atoms with Crippen molar-refractivity contribution in [1.82, 2.24) is 15.1 Å².